The molecule has 0 aromatic carbocycles. The van der Waals surface area contributed by atoms with Gasteiger partial charge in [-0.15, -0.1) is 0 Å². The molecule has 5 heteroatoms. The minimum Gasteiger partial charge on any atom is -0.378 e. The van der Waals surface area contributed by atoms with E-state index in [9.17, 15) is 0 Å². The number of hydrogen-bond donors (Lipinski definition) is 1. The number of methoxy groups -OCH3 is 1. The number of aromatic nitrogens is 2. The lowest BCUT2D eigenvalue weighted by molar-refractivity contribution is 0.0170. The van der Waals surface area contributed by atoms with Crippen molar-refractivity contribution in [2.24, 2.45) is 11.7 Å². The van der Waals surface area contributed by atoms with Crippen molar-refractivity contribution in [1.29, 1.82) is 0 Å². The van der Waals surface area contributed by atoms with Crippen molar-refractivity contribution in [3.8, 4) is 0 Å². The first kappa shape index (κ1) is 14.5. The molecule has 1 heterocycles. The lowest BCUT2D eigenvalue weighted by Gasteiger charge is -2.33. The van der Waals surface area contributed by atoms with Gasteiger partial charge in [-0.3, -0.25) is 0 Å². The largest absolute Gasteiger partial charge is 0.378 e. The summed E-state index contributed by atoms with van der Waals surface area (Å²) in [5, 5.41) is 4.10. The van der Waals surface area contributed by atoms with Crippen LogP contribution in [0.5, 0.6) is 0 Å². The fraction of sp³-hybridized carbons (Fsp3) is 0.857. The van der Waals surface area contributed by atoms with E-state index < -0.39 is 5.54 Å². The fourth-order valence-electron chi connectivity index (χ4n) is 2.76. The molecule has 2 rings (SSSR count). The van der Waals surface area contributed by atoms with Crippen LogP contribution in [0.2, 0.25) is 0 Å². The Morgan fingerprint density at radius 2 is 2.26 bits per heavy atom. The molecule has 0 saturated heterocycles. The Hall–Kier alpha value is -0.940. The number of ether oxygens (including phenoxy) is 1. The molecule has 2 atom stereocenters. The maximum absolute atomic E-state index is 6.46. The highest BCUT2D eigenvalue weighted by atomic mass is 16.5. The van der Waals surface area contributed by atoms with Crippen molar-refractivity contribution in [1.82, 2.24) is 10.1 Å². The highest BCUT2D eigenvalue weighted by Gasteiger charge is 2.37. The summed E-state index contributed by atoms with van der Waals surface area (Å²) in [6.07, 6.45) is 4.83. The van der Waals surface area contributed by atoms with E-state index in [-0.39, 0.29) is 5.60 Å². The van der Waals surface area contributed by atoms with Gasteiger partial charge in [-0.25, -0.2) is 0 Å². The minimum atomic E-state index is -0.420. The Labute approximate surface area is 114 Å². The summed E-state index contributed by atoms with van der Waals surface area (Å²) >= 11 is 0. The summed E-state index contributed by atoms with van der Waals surface area (Å²) in [4.78, 5) is 4.49. The third kappa shape index (κ3) is 3.34. The van der Waals surface area contributed by atoms with Crippen LogP contribution < -0.4 is 5.73 Å². The molecule has 2 N–H and O–H groups in total. The smallest absolute Gasteiger partial charge is 0.229 e. The van der Waals surface area contributed by atoms with Crippen molar-refractivity contribution in [3.05, 3.63) is 11.7 Å². The van der Waals surface area contributed by atoms with Gasteiger partial charge < -0.3 is 15.0 Å². The predicted octanol–water partition coefficient (Wildman–Crippen LogP) is 2.40. The van der Waals surface area contributed by atoms with Crippen LogP contribution in [0.3, 0.4) is 0 Å². The molecule has 0 bridgehead atoms. The van der Waals surface area contributed by atoms with Gasteiger partial charge in [0.2, 0.25) is 5.89 Å². The SMILES string of the molecule is COC(C)(C)Cc1nc(C2(N)CCCC(C)C2)no1. The second-order valence-corrected chi connectivity index (χ2v) is 6.51. The monoisotopic (exact) mass is 267 g/mol. The van der Waals surface area contributed by atoms with E-state index in [2.05, 4.69) is 17.1 Å². The number of nitrogens with two attached hydrogens (primary N) is 1. The van der Waals surface area contributed by atoms with Crippen LogP contribution in [0, 0.1) is 5.92 Å². The molecule has 1 saturated carbocycles. The third-order valence-electron chi connectivity index (χ3n) is 4.08. The van der Waals surface area contributed by atoms with Crippen LogP contribution in [0.25, 0.3) is 0 Å². The van der Waals surface area contributed by atoms with Gasteiger partial charge in [-0.2, -0.15) is 4.98 Å². The Morgan fingerprint density at radius 3 is 2.89 bits per heavy atom. The highest BCUT2D eigenvalue weighted by Crippen LogP contribution is 2.36. The second-order valence-electron chi connectivity index (χ2n) is 6.51. The predicted molar refractivity (Wildman–Crippen MR) is 72.6 cm³/mol. The van der Waals surface area contributed by atoms with Gasteiger partial charge >= 0.3 is 0 Å². The minimum absolute atomic E-state index is 0.300. The maximum atomic E-state index is 6.46. The highest BCUT2D eigenvalue weighted by molar-refractivity contribution is 5.06. The van der Waals surface area contributed by atoms with Crippen molar-refractivity contribution in [2.45, 2.75) is 64.0 Å². The summed E-state index contributed by atoms with van der Waals surface area (Å²) in [5.74, 6) is 1.88. The van der Waals surface area contributed by atoms with Crippen LogP contribution in [-0.2, 0) is 16.7 Å². The Morgan fingerprint density at radius 1 is 1.53 bits per heavy atom. The van der Waals surface area contributed by atoms with Crippen LogP contribution >= 0.6 is 0 Å². The van der Waals surface area contributed by atoms with Crippen LogP contribution in [-0.4, -0.2) is 22.9 Å². The van der Waals surface area contributed by atoms with E-state index in [4.69, 9.17) is 15.0 Å². The molecule has 1 aliphatic rings. The Kier molecular flexibility index (Phi) is 3.97. The average molecular weight is 267 g/mol. The van der Waals surface area contributed by atoms with Crippen molar-refractivity contribution < 1.29 is 9.26 Å². The standard InChI is InChI=1S/C14H25N3O2/c1-10-6-5-7-14(15,8-10)12-16-11(19-17-12)9-13(2,3)18-4/h10H,5-9,15H2,1-4H3. The lowest BCUT2D eigenvalue weighted by Crippen LogP contribution is -2.42. The van der Waals surface area contributed by atoms with Crippen molar-refractivity contribution in [3.63, 3.8) is 0 Å². The molecule has 108 valence electrons. The van der Waals surface area contributed by atoms with Gasteiger partial charge in [0, 0.05) is 7.11 Å². The van der Waals surface area contributed by atoms with Gasteiger partial charge in [-0.1, -0.05) is 24.9 Å². The first-order valence-corrected chi connectivity index (χ1v) is 7.02. The van der Waals surface area contributed by atoms with Gasteiger partial charge in [-0.05, 0) is 32.6 Å². The van der Waals surface area contributed by atoms with Crippen molar-refractivity contribution in [2.75, 3.05) is 7.11 Å². The molecule has 1 aromatic heterocycles. The van der Waals surface area contributed by atoms with E-state index in [1.807, 2.05) is 13.8 Å². The van der Waals surface area contributed by atoms with Gasteiger partial charge in [0.25, 0.3) is 0 Å². The molecular formula is C14H25N3O2. The van der Waals surface area contributed by atoms with Gasteiger partial charge in [0.1, 0.15) is 0 Å². The quantitative estimate of drug-likeness (QED) is 0.906. The molecule has 1 fully saturated rings. The normalized spacial score (nSPS) is 28.6. The third-order valence-corrected chi connectivity index (χ3v) is 4.08. The summed E-state index contributed by atoms with van der Waals surface area (Å²) in [6, 6.07) is 0. The molecule has 2 unspecified atom stereocenters. The van der Waals surface area contributed by atoms with Crippen LogP contribution in [0.15, 0.2) is 4.52 Å². The number of hydrogen-bond acceptors (Lipinski definition) is 5. The van der Waals surface area contributed by atoms with Crippen molar-refractivity contribution >= 4 is 0 Å². The van der Waals surface area contributed by atoms with E-state index in [0.717, 1.165) is 19.3 Å². The molecule has 19 heavy (non-hydrogen) atoms. The van der Waals surface area contributed by atoms with Gasteiger partial charge in [0.05, 0.1) is 17.6 Å². The number of rotatable bonds is 4. The zero-order valence-electron chi connectivity index (χ0n) is 12.4. The molecule has 0 amide bonds. The molecule has 1 aromatic rings. The second kappa shape index (κ2) is 5.21. The van der Waals surface area contributed by atoms with Gasteiger partial charge in [0.15, 0.2) is 5.82 Å². The topological polar surface area (TPSA) is 74.2 Å². The first-order chi connectivity index (χ1) is 8.85. The lowest BCUT2D eigenvalue weighted by atomic mass is 9.76. The average Bonchev–Trinajstić information content (AvgIpc) is 2.77. The molecule has 0 radical (unpaired) electrons. The Balaban J connectivity index is 2.12. The summed E-state index contributed by atoms with van der Waals surface area (Å²) < 4.78 is 10.7. The fourth-order valence-corrected chi connectivity index (χ4v) is 2.76. The van der Waals surface area contributed by atoms with Crippen LogP contribution in [0.1, 0.15) is 58.2 Å². The molecule has 1 aliphatic carbocycles. The van der Waals surface area contributed by atoms with E-state index in [1.54, 1.807) is 7.11 Å². The maximum Gasteiger partial charge on any atom is 0.229 e. The molecule has 0 aliphatic heterocycles. The molecular weight excluding hydrogens is 242 g/mol. The molecule has 5 nitrogen and oxygen atoms in total. The zero-order chi connectivity index (χ0) is 14.1. The summed E-state index contributed by atoms with van der Waals surface area (Å²) in [6.45, 7) is 6.23. The van der Waals surface area contributed by atoms with E-state index >= 15 is 0 Å². The number of nitrogens with zero attached hydrogens (tertiary/aromatic N) is 2. The molecule has 0 spiro atoms. The summed E-state index contributed by atoms with van der Waals surface area (Å²) in [7, 11) is 1.69. The zero-order valence-corrected chi connectivity index (χ0v) is 12.4. The summed E-state index contributed by atoms with van der Waals surface area (Å²) in [5.41, 5.74) is 5.74. The van der Waals surface area contributed by atoms with E-state index in [0.29, 0.717) is 24.1 Å². The van der Waals surface area contributed by atoms with Crippen LogP contribution in [0.4, 0.5) is 0 Å². The van der Waals surface area contributed by atoms with E-state index in [1.165, 1.54) is 6.42 Å². The first-order valence-electron chi connectivity index (χ1n) is 7.02. The Bertz CT molecular complexity index is 430.